The molecule has 4 aromatic rings. The summed E-state index contributed by atoms with van der Waals surface area (Å²) in [5, 5.41) is 14.4. The second-order valence-corrected chi connectivity index (χ2v) is 9.52. The largest absolute Gasteiger partial charge is 0.481 e. The number of nitrogens with zero attached hydrogens (tertiary/aromatic N) is 4. The normalized spacial score (nSPS) is 11.7. The molecule has 11 heteroatoms. The molecule has 0 aliphatic rings. The third-order valence-electron chi connectivity index (χ3n) is 4.77. The van der Waals surface area contributed by atoms with Gasteiger partial charge in [-0.15, -0.1) is 28.1 Å². The molecule has 1 amide bonds. The summed E-state index contributed by atoms with van der Waals surface area (Å²) < 4.78 is 21.0. The number of thioether (sulfide) groups is 1. The average Bonchev–Trinajstić information content (AvgIpc) is 3.47. The molecule has 2 heterocycles. The molecule has 7 nitrogen and oxygen atoms in total. The van der Waals surface area contributed by atoms with Crippen molar-refractivity contribution >= 4 is 45.7 Å². The Morgan fingerprint density at radius 1 is 1.31 bits per heavy atom. The van der Waals surface area contributed by atoms with E-state index in [4.69, 9.17) is 16.3 Å². The van der Waals surface area contributed by atoms with Crippen LogP contribution in [0.5, 0.6) is 5.75 Å². The fourth-order valence-corrected chi connectivity index (χ4v) is 4.88. The zero-order valence-electron chi connectivity index (χ0n) is 18.6. The zero-order valence-corrected chi connectivity index (χ0v) is 21.0. The maximum Gasteiger partial charge on any atom is 0.236 e. The molecule has 35 heavy (non-hydrogen) atoms. The standard InChI is InChI=1S/C24H21ClFN5O2S2/c1-3-11-31-22(15(2)33-20-10-9-17(26)12-18(20)25)29-30-24(31)35-14-21(32)28-23-27-19(13-34-23)16-7-5-4-6-8-16/h3-10,12-13,15H,1,11,14H2,2H3,(H,27,28,32). The Bertz CT molecular complexity index is 1330. The molecule has 1 N–H and O–H groups in total. The minimum Gasteiger partial charge on any atom is -0.481 e. The molecule has 0 fully saturated rings. The Balaban J connectivity index is 1.40. The number of halogens is 2. The maximum atomic E-state index is 13.3. The predicted molar refractivity (Wildman–Crippen MR) is 138 cm³/mol. The van der Waals surface area contributed by atoms with Crippen LogP contribution in [-0.4, -0.2) is 31.4 Å². The summed E-state index contributed by atoms with van der Waals surface area (Å²) in [6, 6.07) is 13.7. The van der Waals surface area contributed by atoms with Crippen LogP contribution < -0.4 is 10.1 Å². The maximum absolute atomic E-state index is 13.3. The molecule has 1 unspecified atom stereocenters. The Labute approximate surface area is 215 Å². The van der Waals surface area contributed by atoms with Crippen LogP contribution in [0.25, 0.3) is 11.3 Å². The van der Waals surface area contributed by atoms with E-state index in [1.165, 1.54) is 41.3 Å². The van der Waals surface area contributed by atoms with Crippen molar-refractivity contribution < 1.29 is 13.9 Å². The number of benzene rings is 2. The molecule has 2 aromatic heterocycles. The highest BCUT2D eigenvalue weighted by Gasteiger charge is 2.21. The monoisotopic (exact) mass is 529 g/mol. The molecule has 0 saturated carbocycles. The molecular formula is C24H21ClFN5O2S2. The highest BCUT2D eigenvalue weighted by Crippen LogP contribution is 2.30. The summed E-state index contributed by atoms with van der Waals surface area (Å²) in [7, 11) is 0. The second kappa shape index (κ2) is 11.5. The van der Waals surface area contributed by atoms with E-state index < -0.39 is 11.9 Å². The van der Waals surface area contributed by atoms with E-state index in [2.05, 4.69) is 27.1 Å². The number of thiazole rings is 1. The van der Waals surface area contributed by atoms with Crippen LogP contribution in [0.4, 0.5) is 9.52 Å². The second-order valence-electron chi connectivity index (χ2n) is 7.32. The summed E-state index contributed by atoms with van der Waals surface area (Å²) in [5.74, 6) is 0.326. The predicted octanol–water partition coefficient (Wildman–Crippen LogP) is 6.25. The molecule has 4 rings (SSSR count). The van der Waals surface area contributed by atoms with Gasteiger partial charge in [0.25, 0.3) is 0 Å². The van der Waals surface area contributed by atoms with E-state index in [9.17, 15) is 9.18 Å². The lowest BCUT2D eigenvalue weighted by molar-refractivity contribution is -0.113. The van der Waals surface area contributed by atoms with E-state index >= 15 is 0 Å². The van der Waals surface area contributed by atoms with Crippen LogP contribution in [0.1, 0.15) is 18.9 Å². The minimum atomic E-state index is -0.527. The van der Waals surface area contributed by atoms with Gasteiger partial charge >= 0.3 is 0 Å². The van der Waals surface area contributed by atoms with Crippen molar-refractivity contribution in [1.82, 2.24) is 19.7 Å². The third-order valence-corrected chi connectivity index (χ3v) is 6.79. The van der Waals surface area contributed by atoms with Gasteiger partial charge in [0.05, 0.1) is 16.5 Å². The zero-order chi connectivity index (χ0) is 24.8. The molecule has 0 bridgehead atoms. The summed E-state index contributed by atoms with van der Waals surface area (Å²) in [4.78, 5) is 17.0. The van der Waals surface area contributed by atoms with Crippen LogP contribution in [0.15, 0.2) is 71.7 Å². The molecule has 0 spiro atoms. The van der Waals surface area contributed by atoms with Crippen LogP contribution in [0.2, 0.25) is 5.02 Å². The van der Waals surface area contributed by atoms with Gasteiger partial charge in [0, 0.05) is 17.5 Å². The van der Waals surface area contributed by atoms with Crippen LogP contribution in [-0.2, 0) is 11.3 Å². The van der Waals surface area contributed by atoms with Gasteiger partial charge < -0.3 is 10.1 Å². The number of aromatic nitrogens is 4. The van der Waals surface area contributed by atoms with E-state index in [-0.39, 0.29) is 16.7 Å². The first-order valence-electron chi connectivity index (χ1n) is 10.5. The first-order valence-corrected chi connectivity index (χ1v) is 12.8. The Morgan fingerprint density at radius 3 is 2.86 bits per heavy atom. The molecule has 0 saturated heterocycles. The molecule has 2 aromatic carbocycles. The number of allylic oxidation sites excluding steroid dienone is 1. The topological polar surface area (TPSA) is 81.9 Å². The fraction of sp³-hybridized carbons (Fsp3) is 0.167. The van der Waals surface area contributed by atoms with Crippen molar-refractivity contribution in [3.05, 3.63) is 83.2 Å². The van der Waals surface area contributed by atoms with Crippen molar-refractivity contribution in [3.63, 3.8) is 0 Å². The number of rotatable bonds is 10. The quantitative estimate of drug-likeness (QED) is 0.193. The highest BCUT2D eigenvalue weighted by molar-refractivity contribution is 7.99. The van der Waals surface area contributed by atoms with Crippen LogP contribution in [0, 0.1) is 5.82 Å². The smallest absolute Gasteiger partial charge is 0.236 e. The number of anilines is 1. The van der Waals surface area contributed by atoms with Crippen molar-refractivity contribution in [1.29, 1.82) is 0 Å². The van der Waals surface area contributed by atoms with Gasteiger partial charge in [0.2, 0.25) is 5.91 Å². The number of carbonyl (C=O) groups excluding carboxylic acids is 1. The molecule has 0 aliphatic carbocycles. The van der Waals surface area contributed by atoms with Crippen molar-refractivity contribution in [2.24, 2.45) is 0 Å². The molecule has 180 valence electrons. The van der Waals surface area contributed by atoms with Crippen molar-refractivity contribution in [2.45, 2.75) is 24.7 Å². The van der Waals surface area contributed by atoms with E-state index in [0.717, 1.165) is 11.3 Å². The number of hydrogen-bond donors (Lipinski definition) is 1. The van der Waals surface area contributed by atoms with Crippen molar-refractivity contribution in [3.8, 4) is 17.0 Å². The van der Waals surface area contributed by atoms with E-state index in [1.54, 1.807) is 13.0 Å². The number of nitrogens with one attached hydrogen (secondary N) is 1. The van der Waals surface area contributed by atoms with Crippen LogP contribution in [0.3, 0.4) is 0 Å². The van der Waals surface area contributed by atoms with Gasteiger partial charge in [0.15, 0.2) is 22.2 Å². The number of carbonyl (C=O) groups is 1. The lowest BCUT2D eigenvalue weighted by Crippen LogP contribution is -2.15. The highest BCUT2D eigenvalue weighted by atomic mass is 35.5. The van der Waals surface area contributed by atoms with Gasteiger partial charge in [-0.3, -0.25) is 9.36 Å². The Morgan fingerprint density at radius 2 is 2.11 bits per heavy atom. The number of ether oxygens (including phenoxy) is 1. The molecule has 1 atom stereocenters. The first-order chi connectivity index (χ1) is 16.9. The summed E-state index contributed by atoms with van der Waals surface area (Å²) in [6.07, 6.45) is 1.18. The van der Waals surface area contributed by atoms with Gasteiger partial charge in [-0.1, -0.05) is 59.8 Å². The molecule has 0 radical (unpaired) electrons. The van der Waals surface area contributed by atoms with Gasteiger partial charge in [0.1, 0.15) is 11.6 Å². The molecular weight excluding hydrogens is 509 g/mol. The summed E-state index contributed by atoms with van der Waals surface area (Å²) >= 11 is 8.69. The van der Waals surface area contributed by atoms with Gasteiger partial charge in [-0.05, 0) is 25.1 Å². The SMILES string of the molecule is C=CCn1c(SCC(=O)Nc2nc(-c3ccccc3)cs2)nnc1C(C)Oc1ccc(F)cc1Cl. The average molecular weight is 530 g/mol. The lowest BCUT2D eigenvalue weighted by atomic mass is 10.2. The van der Waals surface area contributed by atoms with Gasteiger partial charge in [-0.25, -0.2) is 9.37 Å². The van der Waals surface area contributed by atoms with Crippen molar-refractivity contribution in [2.75, 3.05) is 11.1 Å². The first kappa shape index (κ1) is 24.9. The van der Waals surface area contributed by atoms with E-state index in [0.29, 0.717) is 28.4 Å². The molecule has 0 aliphatic heterocycles. The lowest BCUT2D eigenvalue weighted by Gasteiger charge is -2.16. The Kier molecular flexibility index (Phi) is 8.17. The number of amides is 1. The summed E-state index contributed by atoms with van der Waals surface area (Å²) in [5.41, 5.74) is 1.80. The Hall–Kier alpha value is -3.21. The van der Waals surface area contributed by atoms with E-state index in [1.807, 2.05) is 40.3 Å². The third kappa shape index (κ3) is 6.27. The van der Waals surface area contributed by atoms with Gasteiger partial charge in [-0.2, -0.15) is 0 Å². The number of hydrogen-bond acceptors (Lipinski definition) is 7. The summed E-state index contributed by atoms with van der Waals surface area (Å²) in [6.45, 7) is 6.00. The van der Waals surface area contributed by atoms with Crippen LogP contribution >= 0.6 is 34.7 Å². The minimum absolute atomic E-state index is 0.120. The fourth-order valence-electron chi connectivity index (χ4n) is 3.18.